The van der Waals surface area contributed by atoms with E-state index in [4.69, 9.17) is 5.26 Å². The van der Waals surface area contributed by atoms with E-state index in [-0.39, 0.29) is 5.91 Å². The molecule has 2 heterocycles. The van der Waals surface area contributed by atoms with Crippen molar-refractivity contribution in [1.82, 2.24) is 15.1 Å². The van der Waals surface area contributed by atoms with E-state index in [0.29, 0.717) is 24.2 Å². The van der Waals surface area contributed by atoms with Gasteiger partial charge in [0.25, 0.3) is 5.91 Å². The maximum absolute atomic E-state index is 12.5. The first kappa shape index (κ1) is 14.5. The van der Waals surface area contributed by atoms with Crippen molar-refractivity contribution in [3.63, 3.8) is 0 Å². The van der Waals surface area contributed by atoms with Crippen LogP contribution in [-0.4, -0.2) is 47.2 Å². The molecule has 1 aliphatic heterocycles. The van der Waals surface area contributed by atoms with Crippen LogP contribution in [-0.2, 0) is 0 Å². The van der Waals surface area contributed by atoms with Crippen molar-refractivity contribution < 1.29 is 4.79 Å². The molecule has 1 saturated heterocycles. The lowest BCUT2D eigenvalue weighted by Gasteiger charge is -2.34. The van der Waals surface area contributed by atoms with Crippen LogP contribution in [0.3, 0.4) is 0 Å². The van der Waals surface area contributed by atoms with Crippen molar-refractivity contribution in [2.75, 3.05) is 31.1 Å². The minimum atomic E-state index is -0.0230. The van der Waals surface area contributed by atoms with Gasteiger partial charge in [0.05, 0.1) is 11.6 Å². The largest absolute Gasteiger partial charge is 0.343 e. The molecule has 0 unspecified atom stereocenters. The van der Waals surface area contributed by atoms with Crippen LogP contribution in [0.1, 0.15) is 20.9 Å². The molecule has 3 rings (SSSR count). The van der Waals surface area contributed by atoms with Gasteiger partial charge in [0.15, 0.2) is 0 Å². The van der Waals surface area contributed by atoms with Crippen molar-refractivity contribution in [2.24, 2.45) is 0 Å². The van der Waals surface area contributed by atoms with Crippen molar-refractivity contribution >= 4 is 22.4 Å². The summed E-state index contributed by atoms with van der Waals surface area (Å²) in [5.74, 6) is -0.0230. The molecule has 0 spiro atoms. The second-order valence-corrected chi connectivity index (χ2v) is 6.24. The maximum Gasteiger partial charge on any atom is 0.254 e. The number of benzene rings is 1. The third-order valence-electron chi connectivity index (χ3n) is 3.59. The summed E-state index contributed by atoms with van der Waals surface area (Å²) >= 11 is 1.57. The highest BCUT2D eigenvalue weighted by atomic mass is 32.1. The molecule has 0 N–H and O–H groups in total. The van der Waals surface area contributed by atoms with Crippen LogP contribution in [0, 0.1) is 18.3 Å². The molecule has 1 aromatic heterocycles. The lowest BCUT2D eigenvalue weighted by Crippen LogP contribution is -2.48. The first-order valence-corrected chi connectivity index (χ1v) is 7.83. The number of hydrogen-bond donors (Lipinski definition) is 0. The van der Waals surface area contributed by atoms with Gasteiger partial charge in [0.2, 0.25) is 5.13 Å². The molecule has 0 atom stereocenters. The molecule has 0 aliphatic carbocycles. The molecule has 1 aliphatic rings. The number of aryl methyl sites for hydroxylation is 1. The van der Waals surface area contributed by atoms with E-state index < -0.39 is 0 Å². The number of anilines is 1. The van der Waals surface area contributed by atoms with Crippen LogP contribution in [0.2, 0.25) is 0 Å². The molecular weight excluding hydrogens is 298 g/mol. The fourth-order valence-electron chi connectivity index (χ4n) is 2.42. The van der Waals surface area contributed by atoms with Gasteiger partial charge in [-0.2, -0.15) is 5.26 Å². The first-order chi connectivity index (χ1) is 10.7. The summed E-state index contributed by atoms with van der Waals surface area (Å²) in [6.07, 6.45) is 0. The van der Waals surface area contributed by atoms with E-state index in [0.717, 1.165) is 23.2 Å². The van der Waals surface area contributed by atoms with Crippen LogP contribution in [0.25, 0.3) is 0 Å². The Morgan fingerprint density at radius 1 is 1.27 bits per heavy atom. The molecule has 6 nitrogen and oxygen atoms in total. The van der Waals surface area contributed by atoms with E-state index in [1.165, 1.54) is 0 Å². The smallest absolute Gasteiger partial charge is 0.254 e. The predicted molar refractivity (Wildman–Crippen MR) is 83.9 cm³/mol. The van der Waals surface area contributed by atoms with Gasteiger partial charge in [0.1, 0.15) is 5.01 Å². The molecule has 112 valence electrons. The Labute approximate surface area is 132 Å². The minimum absolute atomic E-state index is 0.0230. The summed E-state index contributed by atoms with van der Waals surface area (Å²) in [7, 11) is 0. The van der Waals surface area contributed by atoms with Crippen molar-refractivity contribution in [3.05, 3.63) is 40.4 Å². The van der Waals surface area contributed by atoms with Crippen LogP contribution < -0.4 is 4.90 Å². The number of piperazine rings is 1. The number of aromatic nitrogens is 2. The number of nitrogens with zero attached hydrogens (tertiary/aromatic N) is 5. The zero-order valence-corrected chi connectivity index (χ0v) is 13.0. The van der Waals surface area contributed by atoms with Gasteiger partial charge in [-0.05, 0) is 25.1 Å². The highest BCUT2D eigenvalue weighted by Crippen LogP contribution is 2.21. The molecule has 2 aromatic rings. The lowest BCUT2D eigenvalue weighted by molar-refractivity contribution is 0.0746. The molecule has 7 heteroatoms. The Kier molecular flexibility index (Phi) is 4.02. The molecule has 0 bridgehead atoms. The average molecular weight is 313 g/mol. The maximum atomic E-state index is 12.5. The third-order valence-corrected chi connectivity index (χ3v) is 4.49. The summed E-state index contributed by atoms with van der Waals surface area (Å²) < 4.78 is 0. The summed E-state index contributed by atoms with van der Waals surface area (Å²) in [6.45, 7) is 4.72. The van der Waals surface area contributed by atoms with E-state index in [1.807, 2.05) is 11.8 Å². The Morgan fingerprint density at radius 3 is 2.68 bits per heavy atom. The summed E-state index contributed by atoms with van der Waals surface area (Å²) in [4.78, 5) is 16.5. The highest BCUT2D eigenvalue weighted by molar-refractivity contribution is 7.15. The summed E-state index contributed by atoms with van der Waals surface area (Å²) in [6, 6.07) is 8.90. The molecular formula is C15H15N5OS. The van der Waals surface area contributed by atoms with Gasteiger partial charge in [-0.25, -0.2) is 0 Å². The number of nitriles is 1. The Hall–Kier alpha value is -2.46. The van der Waals surface area contributed by atoms with Crippen molar-refractivity contribution in [2.45, 2.75) is 6.92 Å². The van der Waals surface area contributed by atoms with Crippen molar-refractivity contribution in [1.29, 1.82) is 5.26 Å². The Bertz CT molecular complexity index is 728. The zero-order valence-electron chi connectivity index (χ0n) is 12.2. The van der Waals surface area contributed by atoms with Crippen LogP contribution in [0.15, 0.2) is 24.3 Å². The van der Waals surface area contributed by atoms with Gasteiger partial charge in [-0.15, -0.1) is 10.2 Å². The van der Waals surface area contributed by atoms with Gasteiger partial charge in [-0.1, -0.05) is 17.4 Å². The van der Waals surface area contributed by atoms with Crippen molar-refractivity contribution in [3.8, 4) is 6.07 Å². The molecule has 0 radical (unpaired) electrons. The number of hydrogen-bond acceptors (Lipinski definition) is 6. The number of rotatable bonds is 2. The average Bonchev–Trinajstić information content (AvgIpc) is 3.01. The summed E-state index contributed by atoms with van der Waals surface area (Å²) in [5.41, 5.74) is 1.08. The van der Waals surface area contributed by atoms with Crippen LogP contribution >= 0.6 is 11.3 Å². The number of carbonyl (C=O) groups is 1. The quantitative estimate of drug-likeness (QED) is 0.843. The molecule has 1 aromatic carbocycles. The van der Waals surface area contributed by atoms with Gasteiger partial charge in [-0.3, -0.25) is 4.79 Å². The Morgan fingerprint density at radius 2 is 2.05 bits per heavy atom. The topological polar surface area (TPSA) is 73.1 Å². The van der Waals surface area contributed by atoms with Gasteiger partial charge >= 0.3 is 0 Å². The first-order valence-electron chi connectivity index (χ1n) is 7.02. The summed E-state index contributed by atoms with van der Waals surface area (Å²) in [5, 5.41) is 19.0. The normalized spacial score (nSPS) is 14.7. The van der Waals surface area contributed by atoms with Crippen LogP contribution in [0.4, 0.5) is 5.13 Å². The second-order valence-electron chi connectivity index (χ2n) is 5.08. The van der Waals surface area contributed by atoms with Gasteiger partial charge in [0, 0.05) is 31.7 Å². The molecule has 0 saturated carbocycles. The second kappa shape index (κ2) is 6.12. The van der Waals surface area contributed by atoms with E-state index >= 15 is 0 Å². The van der Waals surface area contributed by atoms with Gasteiger partial charge < -0.3 is 9.80 Å². The third kappa shape index (κ3) is 2.92. The monoisotopic (exact) mass is 313 g/mol. The van der Waals surface area contributed by atoms with Crippen LogP contribution in [0.5, 0.6) is 0 Å². The fraction of sp³-hybridized carbons (Fsp3) is 0.333. The minimum Gasteiger partial charge on any atom is -0.343 e. The molecule has 22 heavy (non-hydrogen) atoms. The Balaban J connectivity index is 1.65. The zero-order chi connectivity index (χ0) is 15.5. The fourth-order valence-corrected chi connectivity index (χ4v) is 3.16. The van der Waals surface area contributed by atoms with E-state index in [1.54, 1.807) is 35.6 Å². The molecule has 1 fully saturated rings. The predicted octanol–water partition coefficient (Wildman–Crippen LogP) is 1.68. The number of carbonyl (C=O) groups excluding carboxylic acids is 1. The molecule has 1 amide bonds. The highest BCUT2D eigenvalue weighted by Gasteiger charge is 2.23. The standard InChI is InChI=1S/C15H15N5OS/c1-11-17-18-15(22-11)20-7-5-19(6-8-20)14(21)13-4-2-3-12(9-13)10-16/h2-4,9H,5-8H2,1H3. The van der Waals surface area contributed by atoms with E-state index in [9.17, 15) is 4.79 Å². The SMILES string of the molecule is Cc1nnc(N2CCN(C(=O)c3cccc(C#N)c3)CC2)s1. The van der Waals surface area contributed by atoms with E-state index in [2.05, 4.69) is 21.2 Å². The lowest BCUT2D eigenvalue weighted by atomic mass is 10.1. The number of amides is 1.